The predicted molar refractivity (Wildman–Crippen MR) is 64.2 cm³/mol. The van der Waals surface area contributed by atoms with Gasteiger partial charge in [0.25, 0.3) is 0 Å². The van der Waals surface area contributed by atoms with E-state index in [2.05, 4.69) is 11.3 Å². The van der Waals surface area contributed by atoms with Crippen molar-refractivity contribution in [1.82, 2.24) is 4.90 Å². The Kier molecular flexibility index (Phi) is 5.15. The maximum Gasteiger partial charge on any atom is 0.325 e. The van der Waals surface area contributed by atoms with Crippen molar-refractivity contribution in [1.29, 1.82) is 0 Å². The summed E-state index contributed by atoms with van der Waals surface area (Å²) in [5.41, 5.74) is 5.78. The fraction of sp³-hybridized carbons (Fsp3) is 0.667. The SMILES string of the molecule is C=CC[C@H]1CCC[C@H](N)C(=O)N1CC(=O)OC. The van der Waals surface area contributed by atoms with Crippen LogP contribution < -0.4 is 5.73 Å². The van der Waals surface area contributed by atoms with Crippen LogP contribution >= 0.6 is 0 Å². The molecule has 2 atom stereocenters. The number of methoxy groups -OCH3 is 1. The first-order chi connectivity index (χ1) is 8.10. The highest BCUT2D eigenvalue weighted by molar-refractivity contribution is 5.86. The normalized spacial score (nSPS) is 25.3. The van der Waals surface area contributed by atoms with Crippen molar-refractivity contribution in [2.24, 2.45) is 5.73 Å². The summed E-state index contributed by atoms with van der Waals surface area (Å²) >= 11 is 0. The predicted octanol–water partition coefficient (Wildman–Crippen LogP) is 0.444. The average molecular weight is 240 g/mol. The van der Waals surface area contributed by atoms with Gasteiger partial charge in [-0.25, -0.2) is 0 Å². The van der Waals surface area contributed by atoms with Gasteiger partial charge in [-0.1, -0.05) is 6.08 Å². The number of carbonyl (C=O) groups is 2. The highest BCUT2D eigenvalue weighted by atomic mass is 16.5. The summed E-state index contributed by atoms with van der Waals surface area (Å²) in [4.78, 5) is 24.9. The highest BCUT2D eigenvalue weighted by Gasteiger charge is 2.31. The van der Waals surface area contributed by atoms with Crippen molar-refractivity contribution in [2.75, 3.05) is 13.7 Å². The summed E-state index contributed by atoms with van der Waals surface area (Å²) in [6.45, 7) is 3.65. The average Bonchev–Trinajstić information content (AvgIpc) is 2.44. The van der Waals surface area contributed by atoms with Crippen LogP contribution in [0.3, 0.4) is 0 Å². The van der Waals surface area contributed by atoms with Crippen LogP contribution in [0.2, 0.25) is 0 Å². The molecule has 0 radical (unpaired) electrons. The van der Waals surface area contributed by atoms with Crippen molar-refractivity contribution in [3.8, 4) is 0 Å². The quantitative estimate of drug-likeness (QED) is 0.572. The second-order valence-electron chi connectivity index (χ2n) is 4.26. The smallest absolute Gasteiger partial charge is 0.325 e. The van der Waals surface area contributed by atoms with Crippen molar-refractivity contribution in [2.45, 2.75) is 37.8 Å². The Hall–Kier alpha value is -1.36. The van der Waals surface area contributed by atoms with Crippen LogP contribution in [0.5, 0.6) is 0 Å². The first kappa shape index (κ1) is 13.7. The monoisotopic (exact) mass is 240 g/mol. The molecule has 0 aliphatic carbocycles. The Balaban J connectivity index is 2.82. The van der Waals surface area contributed by atoms with Gasteiger partial charge in [-0.3, -0.25) is 9.59 Å². The van der Waals surface area contributed by atoms with Gasteiger partial charge in [-0.2, -0.15) is 0 Å². The minimum atomic E-state index is -0.505. The largest absolute Gasteiger partial charge is 0.468 e. The maximum atomic E-state index is 12.0. The molecule has 0 saturated carbocycles. The Morgan fingerprint density at radius 1 is 1.65 bits per heavy atom. The van der Waals surface area contributed by atoms with Crippen LogP contribution in [0.4, 0.5) is 0 Å². The molecule has 1 rings (SSSR count). The van der Waals surface area contributed by atoms with E-state index in [-0.39, 0.29) is 18.5 Å². The van der Waals surface area contributed by atoms with Crippen LogP contribution in [0.1, 0.15) is 25.7 Å². The number of hydrogen-bond acceptors (Lipinski definition) is 4. The molecule has 1 amide bonds. The molecule has 1 heterocycles. The van der Waals surface area contributed by atoms with Gasteiger partial charge in [0.2, 0.25) is 5.91 Å². The number of rotatable bonds is 4. The second-order valence-corrected chi connectivity index (χ2v) is 4.26. The van der Waals surface area contributed by atoms with Crippen LogP contribution in [0, 0.1) is 0 Å². The summed E-state index contributed by atoms with van der Waals surface area (Å²) in [6.07, 6.45) is 4.85. The number of carbonyl (C=O) groups excluding carboxylic acids is 2. The minimum absolute atomic E-state index is 0.00708. The summed E-state index contributed by atoms with van der Waals surface area (Å²) < 4.78 is 4.60. The Morgan fingerprint density at radius 2 is 2.35 bits per heavy atom. The van der Waals surface area contributed by atoms with E-state index in [4.69, 9.17) is 5.73 Å². The van der Waals surface area contributed by atoms with E-state index in [1.807, 2.05) is 0 Å². The zero-order chi connectivity index (χ0) is 12.8. The first-order valence-corrected chi connectivity index (χ1v) is 5.84. The zero-order valence-electron chi connectivity index (χ0n) is 10.2. The maximum absolute atomic E-state index is 12.0. The van der Waals surface area contributed by atoms with E-state index < -0.39 is 12.0 Å². The van der Waals surface area contributed by atoms with Gasteiger partial charge in [-0.15, -0.1) is 6.58 Å². The molecule has 1 saturated heterocycles. The van der Waals surface area contributed by atoms with Crippen molar-refractivity contribution in [3.05, 3.63) is 12.7 Å². The number of nitrogens with two attached hydrogens (primary N) is 1. The summed E-state index contributed by atoms with van der Waals surface area (Å²) in [7, 11) is 1.31. The standard InChI is InChI=1S/C12H20N2O3/c1-3-5-9-6-4-7-10(13)12(16)14(9)8-11(15)17-2/h3,9-10H,1,4-8,13H2,2H3/t9-,10-/m0/s1. The molecule has 5 heteroatoms. The van der Waals surface area contributed by atoms with E-state index in [0.717, 1.165) is 12.8 Å². The number of amides is 1. The number of esters is 1. The van der Waals surface area contributed by atoms with E-state index in [9.17, 15) is 9.59 Å². The summed E-state index contributed by atoms with van der Waals surface area (Å²) in [5.74, 6) is -0.582. The molecule has 0 aromatic carbocycles. The second kappa shape index (κ2) is 6.39. The number of ether oxygens (including phenoxy) is 1. The first-order valence-electron chi connectivity index (χ1n) is 5.84. The van der Waals surface area contributed by atoms with Gasteiger partial charge in [0.15, 0.2) is 0 Å². The molecule has 2 N–H and O–H groups in total. The molecule has 0 aromatic heterocycles. The fourth-order valence-corrected chi connectivity index (χ4v) is 2.09. The van der Waals surface area contributed by atoms with E-state index in [0.29, 0.717) is 12.8 Å². The van der Waals surface area contributed by atoms with Gasteiger partial charge < -0.3 is 15.4 Å². The van der Waals surface area contributed by atoms with Gasteiger partial charge in [0.05, 0.1) is 13.2 Å². The van der Waals surface area contributed by atoms with Crippen LogP contribution in [0.25, 0.3) is 0 Å². The molecular formula is C12H20N2O3. The number of hydrogen-bond donors (Lipinski definition) is 1. The third-order valence-corrected chi connectivity index (χ3v) is 3.06. The molecule has 0 bridgehead atoms. The highest BCUT2D eigenvalue weighted by Crippen LogP contribution is 2.20. The molecule has 17 heavy (non-hydrogen) atoms. The third-order valence-electron chi connectivity index (χ3n) is 3.06. The van der Waals surface area contributed by atoms with Crippen molar-refractivity contribution >= 4 is 11.9 Å². The summed E-state index contributed by atoms with van der Waals surface area (Å²) in [6, 6.07) is -0.498. The van der Waals surface area contributed by atoms with Crippen molar-refractivity contribution < 1.29 is 14.3 Å². The molecule has 1 aliphatic heterocycles. The third kappa shape index (κ3) is 3.56. The minimum Gasteiger partial charge on any atom is -0.468 e. The topological polar surface area (TPSA) is 72.6 Å². The zero-order valence-corrected chi connectivity index (χ0v) is 10.2. The molecule has 1 aliphatic rings. The van der Waals surface area contributed by atoms with E-state index in [1.165, 1.54) is 12.0 Å². The fourth-order valence-electron chi connectivity index (χ4n) is 2.09. The molecule has 0 unspecified atom stereocenters. The lowest BCUT2D eigenvalue weighted by Crippen LogP contribution is -2.48. The van der Waals surface area contributed by atoms with E-state index >= 15 is 0 Å². The van der Waals surface area contributed by atoms with Crippen LogP contribution in [0.15, 0.2) is 12.7 Å². The lowest BCUT2D eigenvalue weighted by atomic mass is 10.1. The van der Waals surface area contributed by atoms with Gasteiger partial charge in [0.1, 0.15) is 6.54 Å². The van der Waals surface area contributed by atoms with Crippen LogP contribution in [-0.2, 0) is 14.3 Å². The number of likely N-dealkylation sites (tertiary alicyclic amines) is 1. The van der Waals surface area contributed by atoms with Gasteiger partial charge in [0, 0.05) is 6.04 Å². The number of nitrogens with zero attached hydrogens (tertiary/aromatic N) is 1. The molecule has 5 nitrogen and oxygen atoms in total. The lowest BCUT2D eigenvalue weighted by Gasteiger charge is -2.29. The Bertz CT molecular complexity index is 304. The Labute approximate surface area is 102 Å². The van der Waals surface area contributed by atoms with Crippen molar-refractivity contribution in [3.63, 3.8) is 0 Å². The van der Waals surface area contributed by atoms with Gasteiger partial charge in [-0.05, 0) is 25.7 Å². The molecule has 0 spiro atoms. The molecule has 96 valence electrons. The molecule has 1 fully saturated rings. The summed E-state index contributed by atoms with van der Waals surface area (Å²) in [5, 5.41) is 0. The lowest BCUT2D eigenvalue weighted by molar-refractivity contribution is -0.148. The van der Waals surface area contributed by atoms with E-state index in [1.54, 1.807) is 6.08 Å². The van der Waals surface area contributed by atoms with Crippen LogP contribution in [-0.4, -0.2) is 42.5 Å². The Morgan fingerprint density at radius 3 is 2.94 bits per heavy atom. The van der Waals surface area contributed by atoms with Gasteiger partial charge >= 0.3 is 5.97 Å². The molecular weight excluding hydrogens is 220 g/mol. The molecule has 0 aromatic rings.